The van der Waals surface area contributed by atoms with Crippen LogP contribution in [0.15, 0.2) is 18.2 Å². The minimum Gasteiger partial charge on any atom is -0.316 e. The van der Waals surface area contributed by atoms with Crippen molar-refractivity contribution >= 4 is 35.6 Å². The topological polar surface area (TPSA) is 12.0 Å². The number of nitrogens with one attached hydrogen (secondary N) is 1. The first-order valence-electron chi connectivity index (χ1n) is 3.32. The summed E-state index contributed by atoms with van der Waals surface area (Å²) >= 11 is 11.6. The molecule has 1 aromatic rings. The van der Waals surface area contributed by atoms with E-state index < -0.39 is 0 Å². The smallest absolute Gasteiger partial charge is 0.0465 e. The summed E-state index contributed by atoms with van der Waals surface area (Å²) < 4.78 is 0. The molecule has 0 spiro atoms. The van der Waals surface area contributed by atoms with Crippen LogP contribution < -0.4 is 5.32 Å². The van der Waals surface area contributed by atoms with E-state index in [9.17, 15) is 0 Å². The molecule has 1 rings (SSSR count). The van der Waals surface area contributed by atoms with E-state index in [1.807, 2.05) is 19.2 Å². The van der Waals surface area contributed by atoms with Crippen molar-refractivity contribution in [3.05, 3.63) is 33.8 Å². The van der Waals surface area contributed by atoms with Crippen molar-refractivity contribution in [3.8, 4) is 0 Å². The molecule has 0 aliphatic heterocycles. The molecule has 0 atom stereocenters. The molecule has 0 aliphatic rings. The lowest BCUT2D eigenvalue weighted by atomic mass is 10.2. The molecular formula is C8H10Cl3N. The van der Waals surface area contributed by atoms with E-state index in [0.717, 1.165) is 12.1 Å². The van der Waals surface area contributed by atoms with Crippen LogP contribution in [-0.2, 0) is 6.54 Å². The number of halogens is 3. The van der Waals surface area contributed by atoms with Crippen LogP contribution in [0, 0.1) is 0 Å². The molecule has 1 aromatic carbocycles. The van der Waals surface area contributed by atoms with E-state index in [1.54, 1.807) is 6.07 Å². The SMILES string of the molecule is CNCc1ccc(Cl)cc1Cl.Cl. The Balaban J connectivity index is 0.00000121. The minimum atomic E-state index is 0. The highest BCUT2D eigenvalue weighted by molar-refractivity contribution is 6.35. The molecule has 0 aliphatic carbocycles. The van der Waals surface area contributed by atoms with E-state index in [-0.39, 0.29) is 12.4 Å². The Morgan fingerprint density at radius 2 is 2.00 bits per heavy atom. The zero-order chi connectivity index (χ0) is 8.27. The molecule has 0 aromatic heterocycles. The molecular weight excluding hydrogens is 216 g/mol. The van der Waals surface area contributed by atoms with Crippen LogP contribution in [0.3, 0.4) is 0 Å². The lowest BCUT2D eigenvalue weighted by Gasteiger charge is -2.02. The Hall–Kier alpha value is 0.0500. The Morgan fingerprint density at radius 1 is 1.33 bits per heavy atom. The highest BCUT2D eigenvalue weighted by atomic mass is 35.5. The fraction of sp³-hybridized carbons (Fsp3) is 0.250. The van der Waals surface area contributed by atoms with Gasteiger partial charge in [0.15, 0.2) is 0 Å². The third kappa shape index (κ3) is 3.20. The summed E-state index contributed by atoms with van der Waals surface area (Å²) in [6.07, 6.45) is 0. The molecule has 0 amide bonds. The van der Waals surface area contributed by atoms with Gasteiger partial charge in [-0.25, -0.2) is 0 Å². The van der Waals surface area contributed by atoms with E-state index in [4.69, 9.17) is 23.2 Å². The maximum atomic E-state index is 5.88. The molecule has 0 saturated heterocycles. The lowest BCUT2D eigenvalue weighted by Crippen LogP contribution is -2.05. The van der Waals surface area contributed by atoms with Gasteiger partial charge in [0, 0.05) is 16.6 Å². The van der Waals surface area contributed by atoms with Gasteiger partial charge in [-0.15, -0.1) is 12.4 Å². The highest BCUT2D eigenvalue weighted by Gasteiger charge is 1.98. The molecule has 0 saturated carbocycles. The minimum absolute atomic E-state index is 0. The zero-order valence-electron chi connectivity index (χ0n) is 6.60. The molecule has 0 heterocycles. The molecule has 0 radical (unpaired) electrons. The molecule has 0 unspecified atom stereocenters. The van der Waals surface area contributed by atoms with Crippen molar-refractivity contribution in [1.29, 1.82) is 0 Å². The number of hydrogen-bond donors (Lipinski definition) is 1. The predicted molar refractivity (Wildman–Crippen MR) is 56.5 cm³/mol. The number of hydrogen-bond acceptors (Lipinski definition) is 1. The Morgan fingerprint density at radius 3 is 2.50 bits per heavy atom. The summed E-state index contributed by atoms with van der Waals surface area (Å²) in [5.41, 5.74) is 1.07. The van der Waals surface area contributed by atoms with Gasteiger partial charge >= 0.3 is 0 Å². The lowest BCUT2D eigenvalue weighted by molar-refractivity contribution is 0.818. The standard InChI is InChI=1S/C8H9Cl2N.ClH/c1-11-5-6-2-3-7(9)4-8(6)10;/h2-4,11H,5H2,1H3;1H. The van der Waals surface area contributed by atoms with Gasteiger partial charge in [0.2, 0.25) is 0 Å². The normalized spacial score (nSPS) is 9.25. The summed E-state index contributed by atoms with van der Waals surface area (Å²) in [6.45, 7) is 0.774. The Labute approximate surface area is 88.5 Å². The van der Waals surface area contributed by atoms with Gasteiger partial charge in [-0.2, -0.15) is 0 Å². The fourth-order valence-corrected chi connectivity index (χ4v) is 1.33. The van der Waals surface area contributed by atoms with Crippen LogP contribution in [0.2, 0.25) is 10.0 Å². The quantitative estimate of drug-likeness (QED) is 0.817. The number of rotatable bonds is 2. The third-order valence-corrected chi connectivity index (χ3v) is 1.97. The van der Waals surface area contributed by atoms with Crippen LogP contribution in [0.5, 0.6) is 0 Å². The average Bonchev–Trinajstić information content (AvgIpc) is 1.95. The van der Waals surface area contributed by atoms with Gasteiger partial charge in [0.1, 0.15) is 0 Å². The molecule has 68 valence electrons. The molecule has 1 N–H and O–H groups in total. The van der Waals surface area contributed by atoms with Crippen LogP contribution in [0.4, 0.5) is 0 Å². The fourth-order valence-electron chi connectivity index (χ4n) is 0.855. The molecule has 0 bridgehead atoms. The first kappa shape index (κ1) is 12.0. The predicted octanol–water partition coefficient (Wildman–Crippen LogP) is 3.13. The summed E-state index contributed by atoms with van der Waals surface area (Å²) in [4.78, 5) is 0. The van der Waals surface area contributed by atoms with Crippen molar-refractivity contribution in [3.63, 3.8) is 0 Å². The molecule has 4 heteroatoms. The van der Waals surface area contributed by atoms with Crippen LogP contribution in [0.1, 0.15) is 5.56 Å². The van der Waals surface area contributed by atoms with Crippen molar-refractivity contribution in [2.45, 2.75) is 6.54 Å². The second-order valence-corrected chi connectivity index (χ2v) is 3.11. The monoisotopic (exact) mass is 225 g/mol. The molecule has 12 heavy (non-hydrogen) atoms. The zero-order valence-corrected chi connectivity index (χ0v) is 8.93. The van der Waals surface area contributed by atoms with Crippen molar-refractivity contribution in [2.75, 3.05) is 7.05 Å². The second kappa shape index (κ2) is 5.65. The highest BCUT2D eigenvalue weighted by Crippen LogP contribution is 2.20. The maximum Gasteiger partial charge on any atom is 0.0465 e. The van der Waals surface area contributed by atoms with Crippen LogP contribution in [0.25, 0.3) is 0 Å². The van der Waals surface area contributed by atoms with E-state index in [0.29, 0.717) is 10.0 Å². The average molecular weight is 227 g/mol. The van der Waals surface area contributed by atoms with Gasteiger partial charge in [0.25, 0.3) is 0 Å². The van der Waals surface area contributed by atoms with Gasteiger partial charge in [-0.3, -0.25) is 0 Å². The Bertz CT molecular complexity index is 250. The van der Waals surface area contributed by atoms with Gasteiger partial charge in [-0.1, -0.05) is 29.3 Å². The van der Waals surface area contributed by atoms with Gasteiger partial charge < -0.3 is 5.32 Å². The summed E-state index contributed by atoms with van der Waals surface area (Å²) in [5, 5.41) is 4.41. The third-order valence-electron chi connectivity index (χ3n) is 1.38. The van der Waals surface area contributed by atoms with Crippen molar-refractivity contribution < 1.29 is 0 Å². The summed E-state index contributed by atoms with van der Waals surface area (Å²) in [7, 11) is 1.88. The summed E-state index contributed by atoms with van der Waals surface area (Å²) in [6, 6.07) is 5.50. The molecule has 0 fully saturated rings. The summed E-state index contributed by atoms with van der Waals surface area (Å²) in [5.74, 6) is 0. The van der Waals surface area contributed by atoms with Gasteiger partial charge in [0.05, 0.1) is 0 Å². The first-order valence-corrected chi connectivity index (χ1v) is 4.08. The maximum absolute atomic E-state index is 5.88. The first-order chi connectivity index (χ1) is 5.24. The van der Waals surface area contributed by atoms with E-state index >= 15 is 0 Å². The van der Waals surface area contributed by atoms with Crippen molar-refractivity contribution in [1.82, 2.24) is 5.32 Å². The van der Waals surface area contributed by atoms with Crippen molar-refractivity contribution in [2.24, 2.45) is 0 Å². The van der Waals surface area contributed by atoms with E-state index in [1.165, 1.54) is 0 Å². The van der Waals surface area contributed by atoms with Gasteiger partial charge in [-0.05, 0) is 24.7 Å². The Kier molecular flexibility index (Phi) is 5.68. The largest absolute Gasteiger partial charge is 0.316 e. The van der Waals surface area contributed by atoms with Crippen LogP contribution >= 0.6 is 35.6 Å². The van der Waals surface area contributed by atoms with Crippen LogP contribution in [-0.4, -0.2) is 7.05 Å². The van der Waals surface area contributed by atoms with E-state index in [2.05, 4.69) is 5.32 Å². The number of benzene rings is 1. The molecule has 1 nitrogen and oxygen atoms in total. The second-order valence-electron chi connectivity index (χ2n) is 2.27.